The number of benzene rings is 2. The molecule has 0 radical (unpaired) electrons. The van der Waals surface area contributed by atoms with Crippen molar-refractivity contribution in [2.75, 3.05) is 13.7 Å². The van der Waals surface area contributed by atoms with Crippen LogP contribution in [-0.4, -0.2) is 39.2 Å². The summed E-state index contributed by atoms with van der Waals surface area (Å²) in [7, 11) is 1.69. The van der Waals surface area contributed by atoms with Crippen molar-refractivity contribution in [2.24, 2.45) is 0 Å². The fourth-order valence-corrected chi connectivity index (χ4v) is 6.92. The molecule has 200 valence electrons. The number of hydrogen-bond acceptors (Lipinski definition) is 4. The van der Waals surface area contributed by atoms with Gasteiger partial charge in [-0.25, -0.2) is 0 Å². The zero-order valence-electron chi connectivity index (χ0n) is 22.5. The summed E-state index contributed by atoms with van der Waals surface area (Å²) in [5, 5.41) is 8.17. The van der Waals surface area contributed by atoms with E-state index in [0.29, 0.717) is 18.8 Å². The van der Waals surface area contributed by atoms with Crippen LogP contribution in [0.25, 0.3) is 10.9 Å². The maximum absolute atomic E-state index is 14.5. The normalized spacial score (nSPS) is 15.5. The largest absolute Gasteiger partial charge is 0.497 e. The summed E-state index contributed by atoms with van der Waals surface area (Å²) in [6.45, 7) is 7.55. The number of aromatic nitrogens is 3. The molecule has 6 rings (SSSR count). The number of carbonyl (C=O) groups is 1. The van der Waals surface area contributed by atoms with Crippen molar-refractivity contribution in [3.8, 4) is 5.75 Å². The summed E-state index contributed by atoms with van der Waals surface area (Å²) in [5.74, 6) is 0.822. The van der Waals surface area contributed by atoms with Gasteiger partial charge in [-0.15, -0.1) is 11.3 Å². The van der Waals surface area contributed by atoms with Gasteiger partial charge in [0.15, 0.2) is 0 Å². The average molecular weight is 604 g/mol. The Hall–Kier alpha value is -3.36. The second-order valence-corrected chi connectivity index (χ2v) is 12.9. The molecule has 0 aliphatic carbocycles. The fraction of sp³-hybridized carbons (Fsp3) is 0.290. The zero-order valence-corrected chi connectivity index (χ0v) is 24.9. The molecule has 4 heterocycles. The smallest absolute Gasteiger partial charge is 0.273 e. The molecule has 1 atom stereocenters. The van der Waals surface area contributed by atoms with Gasteiger partial charge in [0, 0.05) is 43.3 Å². The van der Waals surface area contributed by atoms with Crippen molar-refractivity contribution in [3.63, 3.8) is 0 Å². The van der Waals surface area contributed by atoms with Crippen molar-refractivity contribution in [1.82, 2.24) is 19.7 Å². The summed E-state index contributed by atoms with van der Waals surface area (Å²) in [5.41, 5.74) is 5.82. The van der Waals surface area contributed by atoms with Crippen LogP contribution in [0.5, 0.6) is 5.75 Å². The van der Waals surface area contributed by atoms with Crippen LogP contribution in [-0.2, 0) is 18.4 Å². The molecule has 0 saturated carbocycles. The van der Waals surface area contributed by atoms with Gasteiger partial charge < -0.3 is 14.6 Å². The van der Waals surface area contributed by atoms with Crippen LogP contribution in [0.4, 0.5) is 0 Å². The SMILES string of the molecule is COc1ccc2[nH]c3c(c2c1)CCN(C(=O)c1cc(C(C)(C)C)nn1Cc1ccccc1)[C@@H]3c1cc(Br)cs1. The Balaban J connectivity index is 1.46. The molecule has 5 aromatic rings. The number of methoxy groups -OCH3 is 1. The lowest BCUT2D eigenvalue weighted by atomic mass is 9.92. The molecule has 6 nitrogen and oxygen atoms in total. The Morgan fingerprint density at radius 1 is 1.15 bits per heavy atom. The third-order valence-corrected chi connectivity index (χ3v) is 9.14. The lowest BCUT2D eigenvalue weighted by molar-refractivity contribution is 0.0682. The monoisotopic (exact) mass is 602 g/mol. The van der Waals surface area contributed by atoms with Crippen molar-refractivity contribution < 1.29 is 9.53 Å². The maximum atomic E-state index is 14.5. The van der Waals surface area contributed by atoms with Gasteiger partial charge in [-0.3, -0.25) is 9.48 Å². The molecule has 39 heavy (non-hydrogen) atoms. The highest BCUT2D eigenvalue weighted by atomic mass is 79.9. The van der Waals surface area contributed by atoms with E-state index in [9.17, 15) is 4.79 Å². The van der Waals surface area contributed by atoms with E-state index in [4.69, 9.17) is 9.84 Å². The molecule has 1 aliphatic heterocycles. The number of fused-ring (bicyclic) bond motifs is 3. The highest BCUT2D eigenvalue weighted by Crippen LogP contribution is 2.42. The number of rotatable bonds is 5. The highest BCUT2D eigenvalue weighted by Gasteiger charge is 2.37. The Morgan fingerprint density at radius 2 is 1.95 bits per heavy atom. The zero-order chi connectivity index (χ0) is 27.3. The van der Waals surface area contributed by atoms with Crippen LogP contribution < -0.4 is 4.74 Å². The standard InChI is InChI=1S/C31H31BrN4O2S/c1-31(2,3)27-16-25(36(34-27)17-19-8-6-5-7-9-19)30(37)35-13-12-22-23-15-21(38-4)10-11-24(23)33-28(22)29(35)26-14-20(32)18-39-26/h5-11,14-16,18,29,33H,12-13,17H2,1-4H3/t29-/m1/s1. The fourth-order valence-electron chi connectivity index (χ4n) is 5.36. The molecule has 1 aliphatic rings. The lowest BCUT2D eigenvalue weighted by Gasteiger charge is -2.35. The number of nitrogens with zero attached hydrogens (tertiary/aromatic N) is 3. The summed E-state index contributed by atoms with van der Waals surface area (Å²) in [4.78, 5) is 21.3. The van der Waals surface area contributed by atoms with E-state index in [1.807, 2.05) is 39.9 Å². The summed E-state index contributed by atoms with van der Waals surface area (Å²) in [6.07, 6.45) is 0.760. The third kappa shape index (κ3) is 4.80. The van der Waals surface area contributed by atoms with Crippen LogP contribution in [0.3, 0.4) is 0 Å². The first-order valence-electron chi connectivity index (χ1n) is 13.1. The lowest BCUT2D eigenvalue weighted by Crippen LogP contribution is -2.41. The highest BCUT2D eigenvalue weighted by molar-refractivity contribution is 9.10. The molecule has 1 amide bonds. The molecule has 0 spiro atoms. The van der Waals surface area contributed by atoms with Crippen LogP contribution in [0.1, 0.15) is 64.7 Å². The maximum Gasteiger partial charge on any atom is 0.273 e. The molecule has 8 heteroatoms. The van der Waals surface area contributed by atoms with E-state index in [1.165, 1.54) is 5.56 Å². The van der Waals surface area contributed by atoms with E-state index >= 15 is 0 Å². The van der Waals surface area contributed by atoms with E-state index in [0.717, 1.165) is 49.4 Å². The number of carbonyl (C=O) groups excluding carboxylic acids is 1. The predicted octanol–water partition coefficient (Wildman–Crippen LogP) is 7.33. The number of nitrogens with one attached hydrogen (secondary N) is 1. The molecule has 0 bridgehead atoms. The van der Waals surface area contributed by atoms with Gasteiger partial charge in [-0.1, -0.05) is 51.1 Å². The van der Waals surface area contributed by atoms with Crippen LogP contribution in [0.2, 0.25) is 0 Å². The van der Waals surface area contributed by atoms with Crippen LogP contribution in [0, 0.1) is 0 Å². The topological polar surface area (TPSA) is 63.1 Å². The number of amides is 1. The second-order valence-electron chi connectivity index (χ2n) is 11.1. The first-order chi connectivity index (χ1) is 18.7. The quantitative estimate of drug-likeness (QED) is 0.229. The minimum absolute atomic E-state index is 0.00894. The van der Waals surface area contributed by atoms with Crippen LogP contribution in [0.15, 0.2) is 70.5 Å². The van der Waals surface area contributed by atoms with Gasteiger partial charge in [0.1, 0.15) is 17.5 Å². The second kappa shape index (κ2) is 9.99. The Bertz CT molecular complexity index is 1660. The van der Waals surface area contributed by atoms with E-state index in [-0.39, 0.29) is 17.4 Å². The number of halogens is 1. The summed E-state index contributed by atoms with van der Waals surface area (Å²) in [6, 6.07) is 20.2. The van der Waals surface area contributed by atoms with E-state index in [2.05, 4.69) is 77.4 Å². The number of aromatic amines is 1. The molecular weight excluding hydrogens is 572 g/mol. The minimum Gasteiger partial charge on any atom is -0.497 e. The van der Waals surface area contributed by atoms with Gasteiger partial charge in [-0.05, 0) is 63.8 Å². The molecule has 2 aromatic carbocycles. The first-order valence-corrected chi connectivity index (χ1v) is 14.8. The average Bonchev–Trinajstić information content (AvgIpc) is 3.64. The summed E-state index contributed by atoms with van der Waals surface area (Å²) < 4.78 is 8.41. The number of thiophene rings is 1. The molecule has 0 fully saturated rings. The van der Waals surface area contributed by atoms with Gasteiger partial charge in [0.25, 0.3) is 5.91 Å². The minimum atomic E-state index is -0.228. The number of hydrogen-bond donors (Lipinski definition) is 1. The molecular formula is C31H31BrN4O2S. The van der Waals surface area contributed by atoms with Crippen molar-refractivity contribution >= 4 is 44.1 Å². The number of H-pyrrole nitrogens is 1. The van der Waals surface area contributed by atoms with Gasteiger partial charge in [0.2, 0.25) is 0 Å². The Labute approximate surface area is 240 Å². The van der Waals surface area contributed by atoms with Crippen molar-refractivity contribution in [3.05, 3.63) is 104 Å². The van der Waals surface area contributed by atoms with Crippen LogP contribution >= 0.6 is 27.3 Å². The van der Waals surface area contributed by atoms with Crippen molar-refractivity contribution in [1.29, 1.82) is 0 Å². The van der Waals surface area contributed by atoms with Gasteiger partial charge in [-0.2, -0.15) is 5.10 Å². The molecule has 1 N–H and O–H groups in total. The molecule has 3 aromatic heterocycles. The van der Waals surface area contributed by atoms with E-state index in [1.54, 1.807) is 18.4 Å². The van der Waals surface area contributed by atoms with Crippen molar-refractivity contribution in [2.45, 2.75) is 45.2 Å². The molecule has 0 saturated heterocycles. The van der Waals surface area contributed by atoms with E-state index < -0.39 is 0 Å². The third-order valence-electron chi connectivity index (χ3n) is 7.39. The van der Waals surface area contributed by atoms with Gasteiger partial charge in [0.05, 0.1) is 19.3 Å². The molecule has 0 unspecified atom stereocenters. The Kier molecular flexibility index (Phi) is 6.63. The first kappa shape index (κ1) is 25.9. The predicted molar refractivity (Wildman–Crippen MR) is 160 cm³/mol. The number of ether oxygens (including phenoxy) is 1. The summed E-state index contributed by atoms with van der Waals surface area (Å²) >= 11 is 5.30. The Morgan fingerprint density at radius 3 is 2.64 bits per heavy atom. The van der Waals surface area contributed by atoms with Gasteiger partial charge >= 0.3 is 0 Å².